The summed E-state index contributed by atoms with van der Waals surface area (Å²) >= 11 is 6.22. The highest BCUT2D eigenvalue weighted by molar-refractivity contribution is 6.31. The van der Waals surface area contributed by atoms with Gasteiger partial charge < -0.3 is 9.88 Å². The second-order valence-corrected chi connectivity index (χ2v) is 10.4. The van der Waals surface area contributed by atoms with E-state index in [4.69, 9.17) is 11.6 Å². The first-order chi connectivity index (χ1) is 12.1. The molecular formula is C22H30ClN2O+. The molecule has 26 heavy (non-hydrogen) atoms. The lowest BCUT2D eigenvalue weighted by atomic mass is 9.65. The van der Waals surface area contributed by atoms with Crippen molar-refractivity contribution in [1.82, 2.24) is 4.98 Å². The fraction of sp³-hybridized carbons (Fsp3) is 0.591. The maximum absolute atomic E-state index is 13.2. The quantitative estimate of drug-likeness (QED) is 0.825. The van der Waals surface area contributed by atoms with Gasteiger partial charge >= 0.3 is 0 Å². The number of rotatable bonds is 2. The Morgan fingerprint density at radius 3 is 2.69 bits per heavy atom. The largest absolute Gasteiger partial charge is 0.358 e. The number of hydrogen-bond acceptors (Lipinski definition) is 1. The van der Waals surface area contributed by atoms with Crippen molar-refractivity contribution in [1.29, 1.82) is 0 Å². The van der Waals surface area contributed by atoms with E-state index in [0.717, 1.165) is 34.3 Å². The van der Waals surface area contributed by atoms with Crippen molar-refractivity contribution in [3.05, 3.63) is 44.2 Å². The minimum atomic E-state index is 0.153. The second-order valence-electron chi connectivity index (χ2n) is 9.97. The van der Waals surface area contributed by atoms with E-state index >= 15 is 0 Å². The van der Waals surface area contributed by atoms with Gasteiger partial charge in [-0.25, -0.2) is 0 Å². The summed E-state index contributed by atoms with van der Waals surface area (Å²) < 4.78 is 0. The molecular weight excluding hydrogens is 344 g/mol. The van der Waals surface area contributed by atoms with Crippen LogP contribution in [0, 0.1) is 24.7 Å². The molecule has 2 heterocycles. The second kappa shape index (κ2) is 5.84. The van der Waals surface area contributed by atoms with Gasteiger partial charge in [-0.05, 0) is 43.4 Å². The lowest BCUT2D eigenvalue weighted by molar-refractivity contribution is -0.928. The zero-order chi connectivity index (χ0) is 18.9. The van der Waals surface area contributed by atoms with Crippen LogP contribution in [-0.4, -0.2) is 17.6 Å². The predicted molar refractivity (Wildman–Crippen MR) is 108 cm³/mol. The Balaban J connectivity index is 1.74. The van der Waals surface area contributed by atoms with Gasteiger partial charge in [-0.2, -0.15) is 0 Å². The van der Waals surface area contributed by atoms with Crippen LogP contribution in [0.3, 0.4) is 0 Å². The Kier molecular flexibility index (Phi) is 4.06. The molecule has 3 nitrogen and oxygen atoms in total. The zero-order valence-corrected chi connectivity index (χ0v) is 17.3. The molecule has 4 heteroatoms. The van der Waals surface area contributed by atoms with Crippen molar-refractivity contribution in [2.24, 2.45) is 10.8 Å². The van der Waals surface area contributed by atoms with Gasteiger partial charge in [0.05, 0.1) is 23.7 Å². The van der Waals surface area contributed by atoms with Gasteiger partial charge in [-0.1, -0.05) is 32.4 Å². The molecule has 1 aliphatic heterocycles. The van der Waals surface area contributed by atoms with Crippen LogP contribution in [0.1, 0.15) is 56.9 Å². The SMILES string of the molecule is Cc1[nH]c2c(C)cc(Cl)cc2c(=O)c1C[NH+]1CC2(C)CC1CC(C)(C)C2. The highest BCUT2D eigenvalue weighted by atomic mass is 35.5. The molecule has 0 amide bonds. The number of fused-ring (bicyclic) bond motifs is 3. The number of likely N-dealkylation sites (tertiary alicyclic amines) is 1. The maximum atomic E-state index is 13.2. The number of hydrogen-bond donors (Lipinski definition) is 2. The minimum Gasteiger partial charge on any atom is -0.358 e. The first kappa shape index (κ1) is 18.1. The van der Waals surface area contributed by atoms with E-state index in [1.807, 2.05) is 26.0 Å². The molecule has 0 radical (unpaired) electrons. The van der Waals surface area contributed by atoms with Crippen LogP contribution in [0.15, 0.2) is 16.9 Å². The topological polar surface area (TPSA) is 37.3 Å². The molecule has 2 aliphatic rings. The summed E-state index contributed by atoms with van der Waals surface area (Å²) in [5.41, 5.74) is 4.87. The molecule has 0 spiro atoms. The highest BCUT2D eigenvalue weighted by Gasteiger charge is 2.52. The van der Waals surface area contributed by atoms with E-state index < -0.39 is 0 Å². The first-order valence-electron chi connectivity index (χ1n) is 9.73. The van der Waals surface area contributed by atoms with Crippen LogP contribution in [0.4, 0.5) is 0 Å². The van der Waals surface area contributed by atoms with Crippen molar-refractivity contribution < 1.29 is 4.90 Å². The Bertz CT molecular complexity index is 945. The highest BCUT2D eigenvalue weighted by Crippen LogP contribution is 2.47. The molecule has 2 N–H and O–H groups in total. The van der Waals surface area contributed by atoms with Crippen molar-refractivity contribution in [3.8, 4) is 0 Å². The van der Waals surface area contributed by atoms with E-state index in [-0.39, 0.29) is 5.43 Å². The fourth-order valence-electron chi connectivity index (χ4n) is 6.08. The summed E-state index contributed by atoms with van der Waals surface area (Å²) in [5, 5.41) is 1.36. The molecule has 140 valence electrons. The van der Waals surface area contributed by atoms with Gasteiger partial charge in [0.25, 0.3) is 0 Å². The van der Waals surface area contributed by atoms with E-state index in [0.29, 0.717) is 21.9 Å². The van der Waals surface area contributed by atoms with Gasteiger partial charge in [0.2, 0.25) is 0 Å². The van der Waals surface area contributed by atoms with Crippen LogP contribution in [-0.2, 0) is 6.54 Å². The number of aromatic amines is 1. The summed E-state index contributed by atoms with van der Waals surface area (Å²) in [6.45, 7) is 13.3. The third-order valence-corrected chi connectivity index (χ3v) is 6.88. The number of H-pyrrole nitrogens is 1. The number of halogens is 1. The Morgan fingerprint density at radius 2 is 1.96 bits per heavy atom. The molecule has 2 fully saturated rings. The first-order valence-corrected chi connectivity index (χ1v) is 10.1. The van der Waals surface area contributed by atoms with Crippen LogP contribution in [0.2, 0.25) is 5.02 Å². The van der Waals surface area contributed by atoms with E-state index in [1.165, 1.54) is 25.8 Å². The van der Waals surface area contributed by atoms with Gasteiger partial charge in [0.1, 0.15) is 6.54 Å². The third kappa shape index (κ3) is 2.99. The third-order valence-electron chi connectivity index (χ3n) is 6.66. The monoisotopic (exact) mass is 373 g/mol. The lowest BCUT2D eigenvalue weighted by Crippen LogP contribution is -3.12. The normalized spacial score (nSPS) is 30.1. The summed E-state index contributed by atoms with van der Waals surface area (Å²) in [4.78, 5) is 18.3. The van der Waals surface area contributed by atoms with Gasteiger partial charge in [-0.3, -0.25) is 4.79 Å². The number of benzene rings is 1. The van der Waals surface area contributed by atoms with E-state index in [9.17, 15) is 4.79 Å². The lowest BCUT2D eigenvalue weighted by Gasteiger charge is -2.37. The fourth-order valence-corrected chi connectivity index (χ4v) is 6.35. The minimum absolute atomic E-state index is 0.153. The molecule has 1 aromatic carbocycles. The maximum Gasteiger partial charge on any atom is 0.198 e. The summed E-state index contributed by atoms with van der Waals surface area (Å²) in [7, 11) is 0. The van der Waals surface area contributed by atoms with Gasteiger partial charge in [-0.15, -0.1) is 0 Å². The number of aryl methyl sites for hydroxylation is 2. The van der Waals surface area contributed by atoms with Crippen molar-refractivity contribution >= 4 is 22.5 Å². The van der Waals surface area contributed by atoms with Crippen LogP contribution >= 0.6 is 11.6 Å². The molecule has 1 saturated carbocycles. The summed E-state index contributed by atoms with van der Waals surface area (Å²) in [6, 6.07) is 4.39. The predicted octanol–water partition coefficient (Wildman–Crippen LogP) is 3.78. The molecule has 1 aliphatic carbocycles. The standard InChI is InChI=1S/C22H29ClN2O/c1-13-6-15(23)7-17-19(13)24-14(2)18(20(17)26)10-25-12-22(5)9-16(25)8-21(3,4)11-22/h6-7,16H,8-12H2,1-5H3,(H,24,26)/p+1. The molecule has 3 atom stereocenters. The molecule has 1 saturated heterocycles. The molecule has 3 unspecified atom stereocenters. The van der Waals surface area contributed by atoms with Crippen molar-refractivity contribution in [2.75, 3.05) is 6.54 Å². The number of aromatic nitrogens is 1. The molecule has 2 aromatic rings. The van der Waals surface area contributed by atoms with Crippen LogP contribution < -0.4 is 10.3 Å². The van der Waals surface area contributed by atoms with E-state index in [2.05, 4.69) is 25.8 Å². The van der Waals surface area contributed by atoms with E-state index in [1.54, 1.807) is 4.90 Å². The Labute approximate surface area is 160 Å². The molecule has 2 bridgehead atoms. The number of nitrogens with one attached hydrogen (secondary N) is 2. The average Bonchev–Trinajstić information content (AvgIpc) is 2.73. The van der Waals surface area contributed by atoms with Crippen molar-refractivity contribution in [3.63, 3.8) is 0 Å². The van der Waals surface area contributed by atoms with Gasteiger partial charge in [0.15, 0.2) is 5.43 Å². The zero-order valence-electron chi connectivity index (χ0n) is 16.6. The Morgan fingerprint density at radius 1 is 1.23 bits per heavy atom. The van der Waals surface area contributed by atoms with Crippen LogP contribution in [0.25, 0.3) is 10.9 Å². The average molecular weight is 374 g/mol. The molecule has 4 rings (SSSR count). The number of quaternary nitrogens is 1. The smallest absolute Gasteiger partial charge is 0.198 e. The Hall–Kier alpha value is -1.32. The van der Waals surface area contributed by atoms with Crippen molar-refractivity contribution in [2.45, 2.75) is 66.5 Å². The summed E-state index contributed by atoms with van der Waals surface area (Å²) in [6.07, 6.45) is 3.84. The summed E-state index contributed by atoms with van der Waals surface area (Å²) in [5.74, 6) is 0. The molecule has 1 aromatic heterocycles. The van der Waals surface area contributed by atoms with Gasteiger partial charge in [0, 0.05) is 34.4 Å². The number of pyridine rings is 1. The van der Waals surface area contributed by atoms with Crippen LogP contribution in [0.5, 0.6) is 0 Å².